The zero-order valence-electron chi connectivity index (χ0n) is 9.55. The Morgan fingerprint density at radius 3 is 2.67 bits per heavy atom. The van der Waals surface area contributed by atoms with Gasteiger partial charge in [0.2, 0.25) is 5.78 Å². The van der Waals surface area contributed by atoms with Gasteiger partial charge in [0.15, 0.2) is 0 Å². The summed E-state index contributed by atoms with van der Waals surface area (Å²) >= 11 is 0. The van der Waals surface area contributed by atoms with Gasteiger partial charge in [-0.05, 0) is 24.1 Å². The summed E-state index contributed by atoms with van der Waals surface area (Å²) < 4.78 is 5.19. The molecule has 1 heterocycles. The topological polar surface area (TPSA) is 43.4 Å². The van der Waals surface area contributed by atoms with Gasteiger partial charge in [0.05, 0.1) is 5.56 Å². The third-order valence-corrected chi connectivity index (χ3v) is 2.97. The van der Waals surface area contributed by atoms with Crippen molar-refractivity contribution in [1.29, 1.82) is 0 Å². The van der Waals surface area contributed by atoms with Crippen LogP contribution in [0.3, 0.4) is 0 Å². The molecule has 88 valence electrons. The maximum absolute atomic E-state index is 12.3. The van der Waals surface area contributed by atoms with Gasteiger partial charge in [0, 0.05) is 0 Å². The van der Waals surface area contributed by atoms with Crippen LogP contribution in [0.5, 0.6) is 5.75 Å². The first-order valence-corrected chi connectivity index (χ1v) is 5.69. The number of ether oxygens (including phenoxy) is 1. The molecule has 1 aromatic carbocycles. The van der Waals surface area contributed by atoms with Crippen molar-refractivity contribution < 1.29 is 14.3 Å². The van der Waals surface area contributed by atoms with Gasteiger partial charge in [-0.3, -0.25) is 4.79 Å². The van der Waals surface area contributed by atoms with E-state index < -0.39 is 5.97 Å². The van der Waals surface area contributed by atoms with Crippen LogP contribution in [-0.4, -0.2) is 11.8 Å². The molecule has 1 aromatic rings. The second-order valence-electron chi connectivity index (χ2n) is 4.11. The molecule has 0 atom stereocenters. The van der Waals surface area contributed by atoms with Gasteiger partial charge in [-0.15, -0.1) is 0 Å². The van der Waals surface area contributed by atoms with E-state index in [9.17, 15) is 9.59 Å². The molecule has 0 aromatic heterocycles. The molecule has 0 unspecified atom stereocenters. The van der Waals surface area contributed by atoms with Crippen LogP contribution in [-0.2, 0) is 4.79 Å². The molecule has 1 aliphatic carbocycles. The summed E-state index contributed by atoms with van der Waals surface area (Å²) in [6.07, 6.45) is 7.96. The molecule has 3 nitrogen and oxygen atoms in total. The van der Waals surface area contributed by atoms with Crippen LogP contribution in [0, 0.1) is 0 Å². The van der Waals surface area contributed by atoms with Crippen LogP contribution in [0.25, 0.3) is 0 Å². The van der Waals surface area contributed by atoms with E-state index in [2.05, 4.69) is 0 Å². The number of hydrogen-bond acceptors (Lipinski definition) is 3. The summed E-state index contributed by atoms with van der Waals surface area (Å²) in [7, 11) is 0. The number of para-hydroxylation sites is 1. The molecule has 2 aliphatic rings. The largest absolute Gasteiger partial charge is 0.422 e. The average molecular weight is 238 g/mol. The zero-order valence-corrected chi connectivity index (χ0v) is 9.55. The van der Waals surface area contributed by atoms with E-state index in [0.717, 1.165) is 0 Å². The van der Waals surface area contributed by atoms with Crippen LogP contribution in [0.2, 0.25) is 0 Å². The fourth-order valence-corrected chi connectivity index (χ4v) is 2.10. The van der Waals surface area contributed by atoms with Gasteiger partial charge >= 0.3 is 5.97 Å². The van der Waals surface area contributed by atoms with Gasteiger partial charge in [0.25, 0.3) is 0 Å². The van der Waals surface area contributed by atoms with E-state index in [1.165, 1.54) is 0 Å². The quantitative estimate of drug-likeness (QED) is 0.302. The fourth-order valence-electron chi connectivity index (χ4n) is 2.10. The number of allylic oxidation sites excluding steroid dienone is 5. The lowest BCUT2D eigenvalue weighted by molar-refractivity contribution is -0.130. The van der Waals surface area contributed by atoms with Crippen molar-refractivity contribution in [3.63, 3.8) is 0 Å². The molecular weight excluding hydrogens is 228 g/mol. The molecule has 0 radical (unpaired) electrons. The highest BCUT2D eigenvalue weighted by Crippen LogP contribution is 2.30. The van der Waals surface area contributed by atoms with Crippen molar-refractivity contribution in [3.8, 4) is 5.75 Å². The summed E-state index contributed by atoms with van der Waals surface area (Å²) in [6.45, 7) is 0. The average Bonchev–Trinajstić information content (AvgIpc) is 2.40. The van der Waals surface area contributed by atoms with Crippen molar-refractivity contribution in [2.45, 2.75) is 6.42 Å². The van der Waals surface area contributed by atoms with Gasteiger partial charge in [-0.1, -0.05) is 36.4 Å². The number of benzene rings is 1. The molecule has 0 bridgehead atoms. The van der Waals surface area contributed by atoms with E-state index >= 15 is 0 Å². The van der Waals surface area contributed by atoms with Crippen molar-refractivity contribution in [1.82, 2.24) is 0 Å². The summed E-state index contributed by atoms with van der Waals surface area (Å²) in [5.41, 5.74) is 1.30. The molecule has 0 spiro atoms. The Kier molecular flexibility index (Phi) is 2.45. The number of esters is 1. The van der Waals surface area contributed by atoms with Crippen LogP contribution in [0.1, 0.15) is 16.8 Å². The van der Waals surface area contributed by atoms with Gasteiger partial charge in [-0.2, -0.15) is 0 Å². The van der Waals surface area contributed by atoms with E-state index in [0.29, 0.717) is 23.3 Å². The number of ketones is 1. The minimum Gasteiger partial charge on any atom is -0.422 e. The highest BCUT2D eigenvalue weighted by atomic mass is 16.5. The second-order valence-corrected chi connectivity index (χ2v) is 4.11. The molecule has 0 saturated carbocycles. The van der Waals surface area contributed by atoms with E-state index in [-0.39, 0.29) is 11.4 Å². The lowest BCUT2D eigenvalue weighted by Crippen LogP contribution is -2.26. The molecule has 0 amide bonds. The molecule has 1 aliphatic heterocycles. The minimum absolute atomic E-state index is 0.148. The molecule has 0 saturated heterocycles. The number of rotatable bonds is 0. The third kappa shape index (κ3) is 1.61. The molecule has 18 heavy (non-hydrogen) atoms. The van der Waals surface area contributed by atoms with Crippen LogP contribution in [0.15, 0.2) is 59.7 Å². The van der Waals surface area contributed by atoms with Crippen molar-refractivity contribution >= 4 is 11.8 Å². The third-order valence-electron chi connectivity index (χ3n) is 2.97. The Hall–Kier alpha value is -2.42. The monoisotopic (exact) mass is 238 g/mol. The molecule has 0 N–H and O–H groups in total. The SMILES string of the molecule is O=C1Oc2ccccc2C(=O)C1=C1C=CC=CC1. The molecule has 0 fully saturated rings. The summed E-state index contributed by atoms with van der Waals surface area (Å²) in [5.74, 6) is -0.474. The van der Waals surface area contributed by atoms with E-state index in [4.69, 9.17) is 4.74 Å². The van der Waals surface area contributed by atoms with Crippen LogP contribution < -0.4 is 4.74 Å². The number of hydrogen-bond donors (Lipinski definition) is 0. The Balaban J connectivity index is 2.14. The predicted molar refractivity (Wildman–Crippen MR) is 66.3 cm³/mol. The minimum atomic E-state index is -0.561. The summed E-state index contributed by atoms with van der Waals surface area (Å²) in [6, 6.07) is 6.80. The highest BCUT2D eigenvalue weighted by molar-refractivity contribution is 6.28. The van der Waals surface area contributed by atoms with Crippen molar-refractivity contribution in [3.05, 3.63) is 65.3 Å². The van der Waals surface area contributed by atoms with Gasteiger partial charge in [0.1, 0.15) is 11.3 Å². The lowest BCUT2D eigenvalue weighted by atomic mass is 9.92. The first-order valence-electron chi connectivity index (χ1n) is 5.69. The maximum Gasteiger partial charge on any atom is 0.347 e. The van der Waals surface area contributed by atoms with Gasteiger partial charge in [-0.25, -0.2) is 4.79 Å². The standard InChI is InChI=1S/C15H10O3/c16-14-11-8-4-5-9-12(11)18-15(17)13(14)10-6-2-1-3-7-10/h1-6,8-9H,7H2. The highest BCUT2D eigenvalue weighted by Gasteiger charge is 2.32. The Morgan fingerprint density at radius 2 is 1.89 bits per heavy atom. The number of carbonyl (C=O) groups is 2. The first-order chi connectivity index (χ1) is 8.77. The smallest absolute Gasteiger partial charge is 0.347 e. The van der Waals surface area contributed by atoms with Crippen LogP contribution >= 0.6 is 0 Å². The predicted octanol–water partition coefficient (Wildman–Crippen LogP) is 2.60. The first kappa shape index (κ1) is 10.7. The Bertz CT molecular complexity index is 633. The molecular formula is C15H10O3. The normalized spacial score (nSPS) is 21.8. The maximum atomic E-state index is 12.3. The van der Waals surface area contributed by atoms with E-state index in [1.54, 1.807) is 30.3 Å². The van der Waals surface area contributed by atoms with Gasteiger partial charge < -0.3 is 4.74 Å². The number of Topliss-reactive ketones (excluding diaryl/α,β-unsaturated/α-hetero) is 1. The summed E-state index contributed by atoms with van der Waals surface area (Å²) in [4.78, 5) is 24.2. The Labute approximate surface area is 104 Å². The number of fused-ring (bicyclic) bond motifs is 1. The summed E-state index contributed by atoms with van der Waals surface area (Å²) in [5, 5.41) is 0. The molecule has 3 heteroatoms. The van der Waals surface area contributed by atoms with E-state index in [1.807, 2.05) is 18.2 Å². The molecule has 3 rings (SSSR count). The zero-order chi connectivity index (χ0) is 12.5. The number of carbonyl (C=O) groups excluding carboxylic acids is 2. The lowest BCUT2D eigenvalue weighted by Gasteiger charge is -2.18. The van der Waals surface area contributed by atoms with Crippen molar-refractivity contribution in [2.24, 2.45) is 0 Å². The Morgan fingerprint density at radius 1 is 1.06 bits per heavy atom. The van der Waals surface area contributed by atoms with Crippen molar-refractivity contribution in [2.75, 3.05) is 0 Å². The fraction of sp³-hybridized carbons (Fsp3) is 0.0667. The second kappa shape index (κ2) is 4.11. The van der Waals surface area contributed by atoms with Crippen LogP contribution in [0.4, 0.5) is 0 Å².